The van der Waals surface area contributed by atoms with Gasteiger partial charge in [0, 0.05) is 25.2 Å². The van der Waals surface area contributed by atoms with E-state index in [1.807, 2.05) is 12.1 Å². The molecule has 1 aromatic carbocycles. The first-order chi connectivity index (χ1) is 12.2. The molecule has 0 bridgehead atoms. The van der Waals surface area contributed by atoms with E-state index >= 15 is 0 Å². The van der Waals surface area contributed by atoms with Crippen LogP contribution in [0.5, 0.6) is 0 Å². The van der Waals surface area contributed by atoms with Gasteiger partial charge in [0.25, 0.3) is 0 Å². The van der Waals surface area contributed by atoms with Gasteiger partial charge in [-0.15, -0.1) is 0 Å². The lowest BCUT2D eigenvalue weighted by atomic mass is 9.93. The van der Waals surface area contributed by atoms with Crippen LogP contribution in [-0.4, -0.2) is 37.0 Å². The summed E-state index contributed by atoms with van der Waals surface area (Å²) in [6.45, 7) is 7.98. The van der Waals surface area contributed by atoms with Crippen LogP contribution in [0.3, 0.4) is 0 Å². The zero-order valence-corrected chi connectivity index (χ0v) is 15.6. The maximum atomic E-state index is 12.2. The number of carbonyl (C=O) groups is 1. The Morgan fingerprint density at radius 3 is 2.68 bits per heavy atom. The Hall–Kier alpha value is -1.39. The van der Waals surface area contributed by atoms with E-state index in [2.05, 4.69) is 34.6 Å². The lowest BCUT2D eigenvalue weighted by Gasteiger charge is -2.30. The first kappa shape index (κ1) is 18.4. The summed E-state index contributed by atoms with van der Waals surface area (Å²) in [7, 11) is 0. The van der Waals surface area contributed by atoms with Crippen molar-refractivity contribution >= 4 is 11.6 Å². The highest BCUT2D eigenvalue weighted by molar-refractivity contribution is 5.90. The van der Waals surface area contributed by atoms with Crippen LogP contribution in [0, 0.1) is 11.8 Å². The van der Waals surface area contributed by atoms with Crippen molar-refractivity contribution in [3.63, 3.8) is 0 Å². The van der Waals surface area contributed by atoms with Gasteiger partial charge in [0.2, 0.25) is 5.91 Å². The minimum Gasteiger partial charge on any atom is -0.326 e. The van der Waals surface area contributed by atoms with Gasteiger partial charge in [0.1, 0.15) is 0 Å². The Morgan fingerprint density at radius 2 is 1.96 bits per heavy atom. The number of hydrogen-bond acceptors (Lipinski definition) is 3. The van der Waals surface area contributed by atoms with Crippen molar-refractivity contribution in [2.45, 2.75) is 52.0 Å². The molecule has 1 aromatic rings. The Bertz CT molecular complexity index is 537. The molecule has 0 aliphatic carbocycles. The lowest BCUT2D eigenvalue weighted by Crippen LogP contribution is -2.33. The minimum atomic E-state index is 0.149. The van der Waals surface area contributed by atoms with Crippen LogP contribution in [0.15, 0.2) is 24.3 Å². The van der Waals surface area contributed by atoms with Gasteiger partial charge in [-0.05, 0) is 81.3 Å². The molecular formula is C21H33N3O. The summed E-state index contributed by atoms with van der Waals surface area (Å²) >= 11 is 0. The molecule has 2 aliphatic heterocycles. The van der Waals surface area contributed by atoms with E-state index in [0.717, 1.165) is 37.7 Å². The number of nitrogens with one attached hydrogen (secondary N) is 2. The quantitative estimate of drug-likeness (QED) is 0.829. The molecule has 138 valence electrons. The van der Waals surface area contributed by atoms with Crippen molar-refractivity contribution in [3.8, 4) is 0 Å². The number of piperidine rings is 2. The Morgan fingerprint density at radius 1 is 1.20 bits per heavy atom. The van der Waals surface area contributed by atoms with Crippen molar-refractivity contribution in [2.24, 2.45) is 11.8 Å². The van der Waals surface area contributed by atoms with Gasteiger partial charge < -0.3 is 10.6 Å². The maximum absolute atomic E-state index is 12.2. The molecule has 1 unspecified atom stereocenters. The maximum Gasteiger partial charge on any atom is 0.224 e. The van der Waals surface area contributed by atoms with E-state index in [9.17, 15) is 4.79 Å². The molecule has 3 rings (SSSR count). The molecule has 0 spiro atoms. The van der Waals surface area contributed by atoms with Gasteiger partial charge in [-0.25, -0.2) is 0 Å². The Balaban J connectivity index is 1.41. The molecule has 0 aromatic heterocycles. The summed E-state index contributed by atoms with van der Waals surface area (Å²) in [5, 5.41) is 6.43. The summed E-state index contributed by atoms with van der Waals surface area (Å²) in [5.41, 5.74) is 2.26. The molecule has 1 amide bonds. The molecule has 2 N–H and O–H groups in total. The van der Waals surface area contributed by atoms with Crippen LogP contribution in [-0.2, 0) is 11.3 Å². The van der Waals surface area contributed by atoms with Gasteiger partial charge in [-0.2, -0.15) is 0 Å². The largest absolute Gasteiger partial charge is 0.326 e. The Kier molecular flexibility index (Phi) is 6.88. The number of carbonyl (C=O) groups excluding carboxylic acids is 1. The van der Waals surface area contributed by atoms with Crippen molar-refractivity contribution in [1.82, 2.24) is 10.2 Å². The molecule has 4 nitrogen and oxygen atoms in total. The van der Waals surface area contributed by atoms with E-state index in [-0.39, 0.29) is 5.91 Å². The predicted molar refractivity (Wildman–Crippen MR) is 104 cm³/mol. The molecule has 2 aliphatic rings. The predicted octanol–water partition coefficient (Wildman–Crippen LogP) is 3.64. The van der Waals surface area contributed by atoms with E-state index < -0.39 is 0 Å². The first-order valence-corrected chi connectivity index (χ1v) is 10.0. The molecule has 25 heavy (non-hydrogen) atoms. The normalized spacial score (nSPS) is 22.7. The number of likely N-dealkylation sites (tertiary alicyclic amines) is 1. The molecule has 4 heteroatoms. The number of nitrogens with zero attached hydrogens (tertiary/aromatic N) is 1. The van der Waals surface area contributed by atoms with Gasteiger partial charge in [0.15, 0.2) is 0 Å². The SMILES string of the molecule is CC1CCCN(Cc2ccc(NC(=O)CCC3CCNCC3)cc2)C1. The van der Waals surface area contributed by atoms with Crippen LogP contribution in [0.4, 0.5) is 5.69 Å². The molecule has 2 fully saturated rings. The van der Waals surface area contributed by atoms with E-state index in [4.69, 9.17) is 0 Å². The average molecular weight is 344 g/mol. The fourth-order valence-electron chi connectivity index (χ4n) is 4.11. The average Bonchev–Trinajstić information content (AvgIpc) is 2.63. The van der Waals surface area contributed by atoms with E-state index in [1.54, 1.807) is 0 Å². The number of hydrogen-bond donors (Lipinski definition) is 2. The fraction of sp³-hybridized carbons (Fsp3) is 0.667. The molecule has 0 saturated carbocycles. The molecule has 2 saturated heterocycles. The Labute approximate surface area is 152 Å². The van der Waals surface area contributed by atoms with Crippen molar-refractivity contribution in [3.05, 3.63) is 29.8 Å². The second kappa shape index (κ2) is 9.35. The third kappa shape index (κ3) is 6.12. The highest BCUT2D eigenvalue weighted by atomic mass is 16.1. The van der Waals surface area contributed by atoms with Crippen molar-refractivity contribution < 1.29 is 4.79 Å². The number of amides is 1. The summed E-state index contributed by atoms with van der Waals surface area (Å²) in [4.78, 5) is 14.7. The van der Waals surface area contributed by atoms with Crippen molar-refractivity contribution in [2.75, 3.05) is 31.5 Å². The monoisotopic (exact) mass is 343 g/mol. The smallest absolute Gasteiger partial charge is 0.224 e. The number of benzene rings is 1. The summed E-state index contributed by atoms with van der Waals surface area (Å²) in [5.74, 6) is 1.67. The van der Waals surface area contributed by atoms with Crippen molar-refractivity contribution in [1.29, 1.82) is 0 Å². The van der Waals surface area contributed by atoms with E-state index in [1.165, 1.54) is 44.3 Å². The second-order valence-corrected chi connectivity index (χ2v) is 7.96. The molecular weight excluding hydrogens is 310 g/mol. The second-order valence-electron chi connectivity index (χ2n) is 7.96. The first-order valence-electron chi connectivity index (χ1n) is 10.0. The zero-order chi connectivity index (χ0) is 17.5. The summed E-state index contributed by atoms with van der Waals surface area (Å²) < 4.78 is 0. The van der Waals surface area contributed by atoms with Crippen LogP contribution in [0.25, 0.3) is 0 Å². The molecule has 2 heterocycles. The van der Waals surface area contributed by atoms with Crippen LogP contribution < -0.4 is 10.6 Å². The standard InChI is InChI=1S/C21H33N3O/c1-17-3-2-14-24(15-17)16-19-4-7-20(8-5-19)23-21(25)9-6-18-10-12-22-13-11-18/h4-5,7-8,17-18,22H,2-3,6,9-16H2,1H3,(H,23,25). The molecule has 1 atom stereocenters. The highest BCUT2D eigenvalue weighted by Crippen LogP contribution is 2.20. The van der Waals surface area contributed by atoms with Gasteiger partial charge >= 0.3 is 0 Å². The topological polar surface area (TPSA) is 44.4 Å². The number of anilines is 1. The fourth-order valence-corrected chi connectivity index (χ4v) is 4.11. The van der Waals surface area contributed by atoms with Gasteiger partial charge in [-0.1, -0.05) is 19.1 Å². The van der Waals surface area contributed by atoms with Gasteiger partial charge in [-0.3, -0.25) is 9.69 Å². The zero-order valence-electron chi connectivity index (χ0n) is 15.6. The third-order valence-electron chi connectivity index (χ3n) is 5.62. The highest BCUT2D eigenvalue weighted by Gasteiger charge is 2.16. The van der Waals surface area contributed by atoms with Crippen LogP contribution >= 0.6 is 0 Å². The summed E-state index contributed by atoms with van der Waals surface area (Å²) in [6, 6.07) is 8.40. The number of rotatable bonds is 6. The van der Waals surface area contributed by atoms with E-state index in [0.29, 0.717) is 12.3 Å². The lowest BCUT2D eigenvalue weighted by molar-refractivity contribution is -0.116. The van der Waals surface area contributed by atoms with Gasteiger partial charge in [0.05, 0.1) is 0 Å². The summed E-state index contributed by atoms with van der Waals surface area (Å²) in [6.07, 6.45) is 6.73. The molecule has 0 radical (unpaired) electrons. The van der Waals surface area contributed by atoms with Crippen LogP contribution in [0.1, 0.15) is 51.0 Å². The minimum absolute atomic E-state index is 0.149. The van der Waals surface area contributed by atoms with Crippen LogP contribution in [0.2, 0.25) is 0 Å². The third-order valence-corrected chi connectivity index (χ3v) is 5.62.